The van der Waals surface area contributed by atoms with Crippen molar-refractivity contribution in [2.75, 3.05) is 42.9 Å². The van der Waals surface area contributed by atoms with Crippen LogP contribution in [-0.4, -0.2) is 60.6 Å². The number of rotatable bonds is 6. The Morgan fingerprint density at radius 2 is 2.08 bits per heavy atom. The number of hydrogen-bond donors (Lipinski definition) is 4. The number of piperazine rings is 1. The predicted octanol–water partition coefficient (Wildman–Crippen LogP) is 0.674. The third kappa shape index (κ3) is 4.39. The number of carbonyl (C=O) groups is 1. The zero-order valence-electron chi connectivity index (χ0n) is 13.7. The van der Waals surface area contributed by atoms with Gasteiger partial charge in [0.1, 0.15) is 11.7 Å². The van der Waals surface area contributed by atoms with Crippen LogP contribution in [0.2, 0.25) is 0 Å². The van der Waals surface area contributed by atoms with E-state index in [1.165, 1.54) is 6.08 Å². The maximum absolute atomic E-state index is 11.3. The number of nitrogens with one attached hydrogen (secondary N) is 3. The van der Waals surface area contributed by atoms with Gasteiger partial charge in [0.05, 0.1) is 17.5 Å². The number of anilines is 2. The van der Waals surface area contributed by atoms with E-state index in [0.29, 0.717) is 5.69 Å². The van der Waals surface area contributed by atoms with Gasteiger partial charge in [-0.25, -0.2) is 4.98 Å². The molecule has 0 spiro atoms. The van der Waals surface area contributed by atoms with Crippen LogP contribution >= 0.6 is 0 Å². The van der Waals surface area contributed by atoms with Gasteiger partial charge >= 0.3 is 0 Å². The highest BCUT2D eigenvalue weighted by Crippen LogP contribution is 2.16. The molecule has 1 aromatic rings. The summed E-state index contributed by atoms with van der Waals surface area (Å²) in [6.45, 7) is 7.17. The van der Waals surface area contributed by atoms with Crippen LogP contribution in [0.15, 0.2) is 30.0 Å². The number of likely N-dealkylation sites (N-methyl/N-ethyl adjacent to an activating group) is 1. The molecule has 1 saturated heterocycles. The normalized spacial score (nSPS) is 15.9. The summed E-state index contributed by atoms with van der Waals surface area (Å²) in [6.07, 6.45) is 3.74. The van der Waals surface area contributed by atoms with Crippen molar-refractivity contribution < 1.29 is 4.79 Å². The second-order valence-electron chi connectivity index (χ2n) is 5.44. The van der Waals surface area contributed by atoms with Crippen LogP contribution in [-0.2, 0) is 4.79 Å². The Kier molecular flexibility index (Phi) is 6.02. The molecular formula is C16H23N7O. The van der Waals surface area contributed by atoms with E-state index >= 15 is 0 Å². The van der Waals surface area contributed by atoms with E-state index in [-0.39, 0.29) is 11.4 Å². The van der Waals surface area contributed by atoms with Crippen LogP contribution in [0.5, 0.6) is 0 Å². The van der Waals surface area contributed by atoms with Gasteiger partial charge in [0.25, 0.3) is 5.91 Å². The van der Waals surface area contributed by atoms with Gasteiger partial charge in [0.15, 0.2) is 0 Å². The SMILES string of the molecule is CCN1CCN(c2ccc(NC(=N)/C(=C/C=N)C(N)=O)cn2)CC1. The van der Waals surface area contributed by atoms with Crippen molar-refractivity contribution in [1.29, 1.82) is 10.8 Å². The molecule has 0 atom stereocenters. The fraction of sp³-hybridized carbons (Fsp3) is 0.375. The van der Waals surface area contributed by atoms with Crippen LogP contribution in [0.25, 0.3) is 0 Å². The molecule has 0 saturated carbocycles. The molecule has 1 aliphatic rings. The molecule has 0 bridgehead atoms. The Morgan fingerprint density at radius 3 is 2.58 bits per heavy atom. The standard InChI is InChI=1S/C16H23N7O/c1-2-22-7-9-23(10-8-22)14-4-3-12(11-20-14)21-15(18)13(5-6-17)16(19)24/h3-6,11,17H,2,7-10H2,1H3,(H2,18,21)(H2,19,24)/b13-5-,17-6?. The lowest BCUT2D eigenvalue weighted by Gasteiger charge is -2.34. The van der Waals surface area contributed by atoms with Crippen molar-refractivity contribution in [3.63, 3.8) is 0 Å². The number of hydrogen-bond acceptors (Lipinski definition) is 6. The van der Waals surface area contributed by atoms with Gasteiger partial charge < -0.3 is 26.3 Å². The quantitative estimate of drug-likeness (QED) is 0.347. The van der Waals surface area contributed by atoms with Gasteiger partial charge in [-0.3, -0.25) is 10.2 Å². The van der Waals surface area contributed by atoms with E-state index in [0.717, 1.165) is 44.8 Å². The highest BCUT2D eigenvalue weighted by molar-refractivity contribution is 6.24. The molecule has 1 aliphatic heterocycles. The fourth-order valence-corrected chi connectivity index (χ4v) is 2.52. The Hall–Kier alpha value is -2.74. The van der Waals surface area contributed by atoms with Crippen molar-refractivity contribution >= 4 is 29.5 Å². The van der Waals surface area contributed by atoms with E-state index in [2.05, 4.69) is 27.0 Å². The van der Waals surface area contributed by atoms with Crippen molar-refractivity contribution in [2.45, 2.75) is 6.92 Å². The number of nitrogens with zero attached hydrogens (tertiary/aromatic N) is 3. The summed E-state index contributed by atoms with van der Waals surface area (Å²) in [6, 6.07) is 3.70. The maximum Gasteiger partial charge on any atom is 0.252 e. The molecule has 24 heavy (non-hydrogen) atoms. The number of nitrogens with two attached hydrogens (primary N) is 1. The van der Waals surface area contributed by atoms with Gasteiger partial charge in [0.2, 0.25) is 0 Å². The Morgan fingerprint density at radius 1 is 1.38 bits per heavy atom. The first-order valence-corrected chi connectivity index (χ1v) is 7.85. The first-order valence-electron chi connectivity index (χ1n) is 7.85. The lowest BCUT2D eigenvalue weighted by atomic mass is 10.2. The lowest BCUT2D eigenvalue weighted by molar-refractivity contribution is -0.114. The third-order valence-corrected chi connectivity index (χ3v) is 3.95. The average Bonchev–Trinajstić information content (AvgIpc) is 2.60. The summed E-state index contributed by atoms with van der Waals surface area (Å²) >= 11 is 0. The zero-order valence-corrected chi connectivity index (χ0v) is 13.7. The van der Waals surface area contributed by atoms with Crippen LogP contribution in [0.3, 0.4) is 0 Å². The van der Waals surface area contributed by atoms with Gasteiger partial charge in [-0.05, 0) is 24.8 Å². The van der Waals surface area contributed by atoms with Gasteiger partial charge in [0, 0.05) is 32.4 Å². The molecule has 128 valence electrons. The van der Waals surface area contributed by atoms with E-state index in [1.807, 2.05) is 12.1 Å². The molecule has 0 unspecified atom stereocenters. The van der Waals surface area contributed by atoms with Gasteiger partial charge in [-0.15, -0.1) is 0 Å². The summed E-state index contributed by atoms with van der Waals surface area (Å²) in [5, 5.41) is 17.7. The van der Waals surface area contributed by atoms with E-state index in [4.69, 9.17) is 16.6 Å². The molecule has 0 aliphatic carbocycles. The Labute approximate surface area is 141 Å². The molecule has 2 rings (SSSR count). The van der Waals surface area contributed by atoms with Crippen LogP contribution < -0.4 is 16.0 Å². The highest BCUT2D eigenvalue weighted by atomic mass is 16.1. The fourth-order valence-electron chi connectivity index (χ4n) is 2.52. The molecule has 5 N–H and O–H groups in total. The first kappa shape index (κ1) is 17.6. The smallest absolute Gasteiger partial charge is 0.252 e. The summed E-state index contributed by atoms with van der Waals surface area (Å²) < 4.78 is 0. The van der Waals surface area contributed by atoms with Crippen LogP contribution in [0, 0.1) is 10.8 Å². The molecule has 1 amide bonds. The first-order chi connectivity index (χ1) is 11.5. The molecule has 0 aromatic carbocycles. The van der Waals surface area contributed by atoms with Crippen LogP contribution in [0.4, 0.5) is 11.5 Å². The van der Waals surface area contributed by atoms with Crippen molar-refractivity contribution in [2.24, 2.45) is 5.73 Å². The van der Waals surface area contributed by atoms with E-state index in [9.17, 15) is 4.79 Å². The highest BCUT2D eigenvalue weighted by Gasteiger charge is 2.17. The molecule has 1 fully saturated rings. The Bertz CT molecular complexity index is 630. The van der Waals surface area contributed by atoms with Crippen molar-refractivity contribution in [3.05, 3.63) is 30.0 Å². The van der Waals surface area contributed by atoms with Crippen molar-refractivity contribution in [3.8, 4) is 0 Å². The van der Waals surface area contributed by atoms with Crippen LogP contribution in [0.1, 0.15) is 6.92 Å². The molecule has 1 aromatic heterocycles. The summed E-state index contributed by atoms with van der Waals surface area (Å²) in [5.41, 5.74) is 5.74. The number of primary amides is 1. The van der Waals surface area contributed by atoms with Crippen molar-refractivity contribution in [1.82, 2.24) is 9.88 Å². The average molecular weight is 329 g/mol. The maximum atomic E-state index is 11.3. The van der Waals surface area contributed by atoms with E-state index in [1.54, 1.807) is 6.20 Å². The molecule has 0 radical (unpaired) electrons. The minimum atomic E-state index is -0.755. The lowest BCUT2D eigenvalue weighted by Crippen LogP contribution is -2.46. The number of carbonyl (C=O) groups excluding carboxylic acids is 1. The number of pyridine rings is 1. The zero-order chi connectivity index (χ0) is 17.5. The summed E-state index contributed by atoms with van der Waals surface area (Å²) in [5.74, 6) is -0.0144. The topological polar surface area (TPSA) is 122 Å². The number of aromatic nitrogens is 1. The summed E-state index contributed by atoms with van der Waals surface area (Å²) in [4.78, 5) is 20.3. The largest absolute Gasteiger partial charge is 0.365 e. The second kappa shape index (κ2) is 8.21. The third-order valence-electron chi connectivity index (χ3n) is 3.95. The van der Waals surface area contributed by atoms with Gasteiger partial charge in [-0.1, -0.05) is 6.92 Å². The Balaban J connectivity index is 1.99. The minimum Gasteiger partial charge on any atom is -0.365 e. The molecule has 8 heteroatoms. The second-order valence-corrected chi connectivity index (χ2v) is 5.44. The minimum absolute atomic E-state index is 0.0511. The monoisotopic (exact) mass is 329 g/mol. The number of allylic oxidation sites excluding steroid dienone is 1. The molecule has 8 nitrogen and oxygen atoms in total. The van der Waals surface area contributed by atoms with E-state index < -0.39 is 5.91 Å². The summed E-state index contributed by atoms with van der Waals surface area (Å²) in [7, 11) is 0. The van der Waals surface area contributed by atoms with Gasteiger partial charge in [-0.2, -0.15) is 0 Å². The molecular weight excluding hydrogens is 306 g/mol. The number of amides is 1. The molecule has 2 heterocycles. The number of amidine groups is 1. The predicted molar refractivity (Wildman–Crippen MR) is 96.0 cm³/mol.